The summed E-state index contributed by atoms with van der Waals surface area (Å²) in [5, 5.41) is 6.05. The summed E-state index contributed by atoms with van der Waals surface area (Å²) < 4.78 is 7.59. The first-order valence-electron chi connectivity index (χ1n) is 7.97. The van der Waals surface area contributed by atoms with Crippen LogP contribution in [0.4, 0.5) is 0 Å². The van der Waals surface area contributed by atoms with Crippen LogP contribution in [0.15, 0.2) is 23.2 Å². The number of aromatic nitrogens is 2. The molecular formula is C19H27IN2OS. The standard InChI is InChI=1S/C19H27N2OS.HI/c1-12(2)16-10-19(23-7)21(20-15(16)5)11-17-13(3)8-9-18(22-6)14(17)4;/h8-10,12H,11H2,1-7H3;1H/q+1;/p-1. The number of halogens is 1. The van der Waals surface area contributed by atoms with Gasteiger partial charge >= 0.3 is 0 Å². The van der Waals surface area contributed by atoms with Crippen LogP contribution in [0.2, 0.25) is 0 Å². The van der Waals surface area contributed by atoms with E-state index in [0.717, 1.165) is 18.0 Å². The fourth-order valence-electron chi connectivity index (χ4n) is 2.95. The molecule has 0 amide bonds. The van der Waals surface area contributed by atoms with Crippen molar-refractivity contribution in [1.82, 2.24) is 5.10 Å². The molecule has 0 unspecified atom stereocenters. The van der Waals surface area contributed by atoms with Gasteiger partial charge in [0, 0.05) is 17.2 Å². The third kappa shape index (κ3) is 4.42. The van der Waals surface area contributed by atoms with Crippen LogP contribution in [0, 0.1) is 20.8 Å². The van der Waals surface area contributed by atoms with Gasteiger partial charge in [-0.2, -0.15) is 0 Å². The fourth-order valence-corrected chi connectivity index (χ4v) is 3.51. The molecule has 1 aromatic carbocycles. The first-order valence-corrected chi connectivity index (χ1v) is 9.20. The van der Waals surface area contributed by atoms with Crippen molar-refractivity contribution in [3.8, 4) is 5.75 Å². The lowest BCUT2D eigenvalue weighted by atomic mass is 10.0. The zero-order chi connectivity index (χ0) is 17.1. The zero-order valence-electron chi connectivity index (χ0n) is 15.6. The molecule has 5 heteroatoms. The van der Waals surface area contributed by atoms with Crippen LogP contribution in [0.1, 0.15) is 47.7 Å². The van der Waals surface area contributed by atoms with Gasteiger partial charge in [-0.05, 0) is 55.2 Å². The van der Waals surface area contributed by atoms with Gasteiger partial charge in [0.2, 0.25) is 6.54 Å². The highest BCUT2D eigenvalue weighted by Crippen LogP contribution is 2.25. The Bertz CT molecular complexity index is 717. The minimum absolute atomic E-state index is 0. The summed E-state index contributed by atoms with van der Waals surface area (Å²) in [7, 11) is 1.72. The van der Waals surface area contributed by atoms with Gasteiger partial charge < -0.3 is 28.7 Å². The highest BCUT2D eigenvalue weighted by molar-refractivity contribution is 7.98. The number of ether oxygens (including phenoxy) is 1. The van der Waals surface area contributed by atoms with Crippen LogP contribution in [0.3, 0.4) is 0 Å². The predicted octanol–water partition coefficient (Wildman–Crippen LogP) is 1.20. The van der Waals surface area contributed by atoms with Gasteiger partial charge in [-0.15, -0.1) is 0 Å². The molecule has 0 spiro atoms. The normalized spacial score (nSPS) is 10.7. The summed E-state index contributed by atoms with van der Waals surface area (Å²) in [5.41, 5.74) is 6.18. The van der Waals surface area contributed by atoms with Crippen LogP contribution in [0.5, 0.6) is 5.75 Å². The first-order chi connectivity index (χ1) is 10.9. The predicted molar refractivity (Wildman–Crippen MR) is 96.6 cm³/mol. The van der Waals surface area contributed by atoms with Gasteiger partial charge in [0.05, 0.1) is 7.11 Å². The van der Waals surface area contributed by atoms with Crippen molar-refractivity contribution in [3.05, 3.63) is 46.1 Å². The summed E-state index contributed by atoms with van der Waals surface area (Å²) in [5.74, 6) is 1.43. The molecular weight excluding hydrogens is 431 g/mol. The molecule has 0 saturated heterocycles. The molecule has 2 aromatic rings. The topological polar surface area (TPSA) is 26.0 Å². The molecule has 0 aliphatic heterocycles. The third-order valence-electron chi connectivity index (χ3n) is 4.36. The average Bonchev–Trinajstić information content (AvgIpc) is 2.51. The minimum atomic E-state index is 0. The number of thioether (sulfide) groups is 1. The van der Waals surface area contributed by atoms with Crippen LogP contribution in [-0.2, 0) is 6.54 Å². The molecule has 0 atom stereocenters. The number of hydrogen-bond acceptors (Lipinski definition) is 3. The van der Waals surface area contributed by atoms with E-state index in [9.17, 15) is 0 Å². The van der Waals surface area contributed by atoms with Crippen LogP contribution in [-0.4, -0.2) is 18.5 Å². The maximum absolute atomic E-state index is 5.47. The van der Waals surface area contributed by atoms with Gasteiger partial charge in [0.25, 0.3) is 5.03 Å². The molecule has 0 aliphatic carbocycles. The fraction of sp³-hybridized carbons (Fsp3) is 0.474. The quantitative estimate of drug-likeness (QED) is 0.383. The lowest BCUT2D eigenvalue weighted by Crippen LogP contribution is -3.00. The molecule has 0 N–H and O–H groups in total. The molecule has 1 heterocycles. The van der Waals surface area contributed by atoms with Crippen molar-refractivity contribution < 1.29 is 33.4 Å². The number of hydrogen-bond donors (Lipinski definition) is 0. The number of methoxy groups -OCH3 is 1. The lowest BCUT2D eigenvalue weighted by Gasteiger charge is -2.13. The number of rotatable bonds is 5. The maximum atomic E-state index is 5.47. The molecule has 0 radical (unpaired) electrons. The number of benzene rings is 1. The number of nitrogens with zero attached hydrogens (tertiary/aromatic N) is 2. The molecule has 1 aromatic heterocycles. The maximum Gasteiger partial charge on any atom is 0.266 e. The Morgan fingerprint density at radius 2 is 1.88 bits per heavy atom. The number of aryl methyl sites for hydroxylation is 2. The van der Waals surface area contributed by atoms with Crippen molar-refractivity contribution in [2.24, 2.45) is 0 Å². The van der Waals surface area contributed by atoms with Crippen molar-refractivity contribution in [2.45, 2.75) is 52.1 Å². The van der Waals surface area contributed by atoms with E-state index < -0.39 is 0 Å². The van der Waals surface area contributed by atoms with E-state index in [1.165, 1.54) is 27.3 Å². The minimum Gasteiger partial charge on any atom is -1.00 e. The third-order valence-corrected chi connectivity index (χ3v) is 5.11. The molecule has 0 aliphatic rings. The van der Waals surface area contributed by atoms with E-state index in [4.69, 9.17) is 9.84 Å². The Hall–Kier alpha value is -0.820. The van der Waals surface area contributed by atoms with E-state index in [2.05, 4.69) is 57.7 Å². The lowest BCUT2D eigenvalue weighted by molar-refractivity contribution is -0.780. The second kappa shape index (κ2) is 9.04. The summed E-state index contributed by atoms with van der Waals surface area (Å²) in [4.78, 5) is 0. The van der Waals surface area contributed by atoms with Crippen LogP contribution in [0.25, 0.3) is 0 Å². The van der Waals surface area contributed by atoms with E-state index in [0.29, 0.717) is 5.92 Å². The van der Waals surface area contributed by atoms with E-state index in [-0.39, 0.29) is 24.0 Å². The van der Waals surface area contributed by atoms with Crippen LogP contribution >= 0.6 is 11.8 Å². The SMILES string of the molecule is COc1ccc(C)c(C[n+]2nc(C)c(C(C)C)cc2SC)c1C.[I-]. The summed E-state index contributed by atoms with van der Waals surface area (Å²) in [6.45, 7) is 11.6. The van der Waals surface area contributed by atoms with Crippen LogP contribution < -0.4 is 33.4 Å². The van der Waals surface area contributed by atoms with Crippen molar-refractivity contribution in [1.29, 1.82) is 0 Å². The molecule has 132 valence electrons. The van der Waals surface area contributed by atoms with Crippen molar-refractivity contribution >= 4 is 11.8 Å². The monoisotopic (exact) mass is 458 g/mol. The van der Waals surface area contributed by atoms with Crippen molar-refractivity contribution in [3.63, 3.8) is 0 Å². The van der Waals surface area contributed by atoms with Gasteiger partial charge in [-0.3, -0.25) is 0 Å². The zero-order valence-corrected chi connectivity index (χ0v) is 18.6. The highest BCUT2D eigenvalue weighted by Gasteiger charge is 2.21. The average molecular weight is 458 g/mol. The van der Waals surface area contributed by atoms with E-state index in [1.807, 2.05) is 6.07 Å². The Labute approximate surface area is 167 Å². The molecule has 0 bridgehead atoms. The van der Waals surface area contributed by atoms with E-state index in [1.54, 1.807) is 18.9 Å². The van der Waals surface area contributed by atoms with Gasteiger partial charge in [-0.1, -0.05) is 36.4 Å². The smallest absolute Gasteiger partial charge is 0.266 e. The molecule has 0 fully saturated rings. The van der Waals surface area contributed by atoms with E-state index >= 15 is 0 Å². The Morgan fingerprint density at radius 1 is 1.21 bits per heavy atom. The van der Waals surface area contributed by atoms with Gasteiger partial charge in [0.15, 0.2) is 0 Å². The summed E-state index contributed by atoms with van der Waals surface area (Å²) >= 11 is 1.75. The molecule has 0 saturated carbocycles. The van der Waals surface area contributed by atoms with Crippen molar-refractivity contribution in [2.75, 3.05) is 13.4 Å². The largest absolute Gasteiger partial charge is 1.00 e. The Kier molecular flexibility index (Phi) is 7.99. The molecule has 24 heavy (non-hydrogen) atoms. The second-order valence-corrected chi connectivity index (χ2v) is 7.05. The van der Waals surface area contributed by atoms with Gasteiger partial charge in [-0.25, -0.2) is 0 Å². The Balaban J connectivity index is 0.00000288. The molecule has 2 rings (SSSR count). The highest BCUT2D eigenvalue weighted by atomic mass is 127. The first kappa shape index (κ1) is 21.2. The molecule has 3 nitrogen and oxygen atoms in total. The summed E-state index contributed by atoms with van der Waals surface area (Å²) in [6.07, 6.45) is 2.11. The van der Waals surface area contributed by atoms with Gasteiger partial charge in [0.1, 0.15) is 11.4 Å². The Morgan fingerprint density at radius 3 is 2.42 bits per heavy atom. The second-order valence-electron chi connectivity index (χ2n) is 6.23. The summed E-state index contributed by atoms with van der Waals surface area (Å²) in [6, 6.07) is 6.44.